The molecule has 2 aliphatic heterocycles. The van der Waals surface area contributed by atoms with Gasteiger partial charge in [0, 0.05) is 16.4 Å². The predicted molar refractivity (Wildman–Crippen MR) is 70.5 cm³/mol. The van der Waals surface area contributed by atoms with E-state index in [1.807, 2.05) is 4.90 Å². The molecule has 2 saturated heterocycles. The van der Waals surface area contributed by atoms with Crippen molar-refractivity contribution in [3.05, 3.63) is 21.9 Å². The molecule has 1 aromatic heterocycles. The Hall–Kier alpha value is -0.910. The fourth-order valence-corrected chi connectivity index (χ4v) is 3.67. The van der Waals surface area contributed by atoms with Gasteiger partial charge in [-0.1, -0.05) is 0 Å². The number of ether oxygens (including phenoxy) is 1. The van der Waals surface area contributed by atoms with Crippen molar-refractivity contribution in [2.45, 2.75) is 32.0 Å². The van der Waals surface area contributed by atoms with Gasteiger partial charge in [0.05, 0.1) is 19.2 Å². The molecule has 3 rings (SSSR count). The van der Waals surface area contributed by atoms with Crippen LogP contribution in [0.15, 0.2) is 12.1 Å². The van der Waals surface area contributed by atoms with Crippen LogP contribution in [-0.2, 0) is 9.53 Å². The largest absolute Gasteiger partial charge is 0.379 e. The zero-order valence-corrected chi connectivity index (χ0v) is 11.3. The molecule has 0 spiro atoms. The van der Waals surface area contributed by atoms with Crippen molar-refractivity contribution in [2.24, 2.45) is 0 Å². The van der Waals surface area contributed by atoms with Crippen molar-refractivity contribution < 1.29 is 9.53 Å². The van der Waals surface area contributed by atoms with E-state index >= 15 is 0 Å². The lowest BCUT2D eigenvalue weighted by atomic mass is 10.1. The third kappa shape index (κ3) is 2.18. The third-order valence-electron chi connectivity index (χ3n) is 3.57. The molecule has 1 N–H and O–H groups in total. The van der Waals surface area contributed by atoms with Crippen LogP contribution in [0.1, 0.15) is 28.8 Å². The quantitative estimate of drug-likeness (QED) is 0.885. The molecule has 18 heavy (non-hydrogen) atoms. The molecule has 0 saturated carbocycles. The molecule has 3 heterocycles. The molecule has 0 aromatic carbocycles. The fourth-order valence-electron chi connectivity index (χ4n) is 2.71. The Morgan fingerprint density at radius 3 is 3.06 bits per heavy atom. The fraction of sp³-hybridized carbons (Fsp3) is 0.615. The van der Waals surface area contributed by atoms with Gasteiger partial charge in [-0.05, 0) is 31.9 Å². The van der Waals surface area contributed by atoms with Crippen molar-refractivity contribution in [1.29, 1.82) is 0 Å². The molecule has 1 aromatic rings. The minimum Gasteiger partial charge on any atom is -0.379 e. The Bertz CT molecular complexity index is 440. The van der Waals surface area contributed by atoms with Crippen molar-refractivity contribution >= 4 is 17.2 Å². The van der Waals surface area contributed by atoms with E-state index in [9.17, 15) is 4.79 Å². The maximum absolute atomic E-state index is 12.1. The van der Waals surface area contributed by atoms with Crippen LogP contribution >= 0.6 is 11.3 Å². The van der Waals surface area contributed by atoms with Crippen molar-refractivity contribution in [2.75, 3.05) is 19.8 Å². The highest BCUT2D eigenvalue weighted by Gasteiger charge is 2.38. The Morgan fingerprint density at radius 2 is 2.39 bits per heavy atom. The Labute approximate surface area is 111 Å². The molecule has 0 aliphatic carbocycles. The smallest absolute Gasteiger partial charge is 0.238 e. The number of nitrogens with zero attached hydrogens (tertiary/aromatic N) is 1. The van der Waals surface area contributed by atoms with E-state index in [0.29, 0.717) is 13.2 Å². The van der Waals surface area contributed by atoms with E-state index < -0.39 is 0 Å². The molecule has 5 heteroatoms. The number of carbonyl (C=O) groups is 1. The standard InChI is InChI=1S/C13H18N2O2S/c1-9-4-5-11(18-9)13-14-7-12(16)15(13)10-3-2-6-17-8-10/h4-5,10,13-14H,2-3,6-8H2,1H3. The summed E-state index contributed by atoms with van der Waals surface area (Å²) in [6.45, 7) is 4.04. The normalized spacial score (nSPS) is 28.9. The number of aryl methyl sites for hydroxylation is 1. The van der Waals surface area contributed by atoms with Gasteiger partial charge in [-0.15, -0.1) is 11.3 Å². The van der Waals surface area contributed by atoms with Gasteiger partial charge in [0.25, 0.3) is 0 Å². The van der Waals surface area contributed by atoms with Gasteiger partial charge in [0.15, 0.2) is 0 Å². The molecule has 4 nitrogen and oxygen atoms in total. The first-order chi connectivity index (χ1) is 8.75. The second-order valence-corrected chi connectivity index (χ2v) is 6.22. The average Bonchev–Trinajstić information content (AvgIpc) is 2.96. The highest BCUT2D eigenvalue weighted by atomic mass is 32.1. The minimum absolute atomic E-state index is 0.0444. The zero-order valence-electron chi connectivity index (χ0n) is 10.5. The van der Waals surface area contributed by atoms with Crippen LogP contribution in [0.3, 0.4) is 0 Å². The number of nitrogens with one attached hydrogen (secondary N) is 1. The summed E-state index contributed by atoms with van der Waals surface area (Å²) >= 11 is 1.76. The number of amides is 1. The lowest BCUT2D eigenvalue weighted by Gasteiger charge is -2.34. The van der Waals surface area contributed by atoms with Crippen LogP contribution in [0.5, 0.6) is 0 Å². The van der Waals surface area contributed by atoms with E-state index in [1.54, 1.807) is 11.3 Å². The SMILES string of the molecule is Cc1ccc(C2NCC(=O)N2C2CCCOC2)s1. The van der Waals surface area contributed by atoms with Crippen molar-refractivity contribution in [3.63, 3.8) is 0 Å². The van der Waals surface area contributed by atoms with E-state index in [4.69, 9.17) is 4.74 Å². The van der Waals surface area contributed by atoms with Gasteiger partial charge in [0.2, 0.25) is 5.91 Å². The Balaban J connectivity index is 1.82. The molecule has 2 fully saturated rings. The molecular weight excluding hydrogens is 248 g/mol. The molecule has 2 atom stereocenters. The molecule has 0 radical (unpaired) electrons. The van der Waals surface area contributed by atoms with Gasteiger partial charge in [-0.25, -0.2) is 0 Å². The lowest BCUT2D eigenvalue weighted by molar-refractivity contribution is -0.133. The minimum atomic E-state index is 0.0444. The number of rotatable bonds is 2. The number of thiophene rings is 1. The van der Waals surface area contributed by atoms with Crippen LogP contribution in [-0.4, -0.2) is 36.6 Å². The van der Waals surface area contributed by atoms with Gasteiger partial charge in [0.1, 0.15) is 6.17 Å². The highest BCUT2D eigenvalue weighted by Crippen LogP contribution is 2.31. The van der Waals surface area contributed by atoms with E-state index in [1.165, 1.54) is 9.75 Å². The summed E-state index contributed by atoms with van der Waals surface area (Å²) in [5.74, 6) is 0.196. The van der Waals surface area contributed by atoms with Crippen LogP contribution in [0, 0.1) is 6.92 Å². The summed E-state index contributed by atoms with van der Waals surface area (Å²) in [5.41, 5.74) is 0. The second-order valence-electron chi connectivity index (χ2n) is 4.90. The molecule has 2 aliphatic rings. The summed E-state index contributed by atoms with van der Waals surface area (Å²) in [4.78, 5) is 16.6. The average molecular weight is 266 g/mol. The maximum atomic E-state index is 12.1. The maximum Gasteiger partial charge on any atom is 0.238 e. The molecule has 0 bridgehead atoms. The first-order valence-electron chi connectivity index (χ1n) is 6.44. The summed E-state index contributed by atoms with van der Waals surface area (Å²) < 4.78 is 5.51. The monoisotopic (exact) mass is 266 g/mol. The van der Waals surface area contributed by atoms with Crippen molar-refractivity contribution in [1.82, 2.24) is 10.2 Å². The summed E-state index contributed by atoms with van der Waals surface area (Å²) in [5, 5.41) is 3.31. The highest BCUT2D eigenvalue weighted by molar-refractivity contribution is 7.12. The molecule has 1 amide bonds. The predicted octanol–water partition coefficient (Wildman–Crippen LogP) is 1.67. The lowest BCUT2D eigenvalue weighted by Crippen LogP contribution is -2.44. The Morgan fingerprint density at radius 1 is 1.50 bits per heavy atom. The van der Waals surface area contributed by atoms with E-state index in [0.717, 1.165) is 19.4 Å². The molecule has 2 unspecified atom stereocenters. The van der Waals surface area contributed by atoms with Crippen LogP contribution in [0.25, 0.3) is 0 Å². The van der Waals surface area contributed by atoms with Gasteiger partial charge in [-0.2, -0.15) is 0 Å². The number of hydrogen-bond acceptors (Lipinski definition) is 4. The topological polar surface area (TPSA) is 41.6 Å². The first kappa shape index (κ1) is 12.1. The van der Waals surface area contributed by atoms with E-state index in [-0.39, 0.29) is 18.1 Å². The van der Waals surface area contributed by atoms with Gasteiger partial charge in [-0.3, -0.25) is 10.1 Å². The number of carbonyl (C=O) groups excluding carboxylic acids is 1. The van der Waals surface area contributed by atoms with Gasteiger partial charge < -0.3 is 9.64 Å². The zero-order chi connectivity index (χ0) is 12.5. The molecular formula is C13H18N2O2S. The second kappa shape index (κ2) is 4.99. The first-order valence-corrected chi connectivity index (χ1v) is 7.26. The number of hydrogen-bond donors (Lipinski definition) is 1. The van der Waals surface area contributed by atoms with E-state index in [2.05, 4.69) is 24.4 Å². The summed E-state index contributed by atoms with van der Waals surface area (Å²) in [7, 11) is 0. The van der Waals surface area contributed by atoms with Crippen LogP contribution in [0.4, 0.5) is 0 Å². The Kier molecular flexibility index (Phi) is 3.37. The molecule has 98 valence electrons. The van der Waals surface area contributed by atoms with Crippen LogP contribution in [0.2, 0.25) is 0 Å². The van der Waals surface area contributed by atoms with Crippen LogP contribution < -0.4 is 5.32 Å². The third-order valence-corrected chi connectivity index (χ3v) is 4.63. The summed E-state index contributed by atoms with van der Waals surface area (Å²) in [6, 6.07) is 4.46. The van der Waals surface area contributed by atoms with Gasteiger partial charge >= 0.3 is 0 Å². The van der Waals surface area contributed by atoms with Crippen molar-refractivity contribution in [3.8, 4) is 0 Å². The summed E-state index contributed by atoms with van der Waals surface area (Å²) in [6.07, 6.45) is 2.14.